The second-order valence-corrected chi connectivity index (χ2v) is 5.88. The molecule has 1 aromatic rings. The maximum absolute atomic E-state index is 13.9. The van der Waals surface area contributed by atoms with Crippen molar-refractivity contribution in [3.05, 3.63) is 41.2 Å². The van der Waals surface area contributed by atoms with Crippen LogP contribution in [0.5, 0.6) is 0 Å². The van der Waals surface area contributed by atoms with E-state index in [1.54, 1.807) is 12.1 Å². The van der Waals surface area contributed by atoms with Crippen LogP contribution in [0.4, 0.5) is 4.39 Å². The molecule has 0 amide bonds. The largest absolute Gasteiger partial charge is 0.389 e. The number of β-amino-alcohol motifs (C(OH)–C–C–N with tert-alkyl or cyclic N) is 1. The van der Waals surface area contributed by atoms with Gasteiger partial charge in [0.05, 0.1) is 18.8 Å². The zero-order valence-electron chi connectivity index (χ0n) is 13.5. The van der Waals surface area contributed by atoms with Crippen molar-refractivity contribution in [2.75, 3.05) is 26.2 Å². The average molecular weight is 307 g/mol. The molecule has 1 aliphatic heterocycles. The molecule has 2 unspecified atom stereocenters. The van der Waals surface area contributed by atoms with Gasteiger partial charge in [-0.05, 0) is 51.4 Å². The molecule has 0 spiro atoms. The third-order valence-electron chi connectivity index (χ3n) is 4.06. The predicted molar refractivity (Wildman–Crippen MR) is 87.2 cm³/mol. The van der Waals surface area contributed by atoms with Gasteiger partial charge in [-0.2, -0.15) is 0 Å². The van der Waals surface area contributed by atoms with E-state index in [9.17, 15) is 9.50 Å². The summed E-state index contributed by atoms with van der Waals surface area (Å²) in [6, 6.07) is 5.02. The van der Waals surface area contributed by atoms with E-state index in [1.165, 1.54) is 18.9 Å². The lowest BCUT2D eigenvalue weighted by atomic mass is 10.0. The second-order valence-electron chi connectivity index (χ2n) is 5.88. The molecule has 0 saturated carbocycles. The Hall–Kier alpha value is -1.23. The normalized spacial score (nSPS) is 18.9. The minimum Gasteiger partial charge on any atom is -0.389 e. The monoisotopic (exact) mass is 307 g/mol. The fourth-order valence-electron chi connectivity index (χ4n) is 2.91. The molecule has 1 N–H and O–H groups in total. The Balaban J connectivity index is 1.91. The molecule has 0 radical (unpaired) electrons. The zero-order chi connectivity index (χ0) is 15.9. The maximum atomic E-state index is 13.9. The lowest BCUT2D eigenvalue weighted by Crippen LogP contribution is -2.33. The molecule has 3 nitrogen and oxygen atoms in total. The summed E-state index contributed by atoms with van der Waals surface area (Å²) in [7, 11) is 0. The Morgan fingerprint density at radius 3 is 2.77 bits per heavy atom. The highest BCUT2D eigenvalue weighted by atomic mass is 19.1. The molecule has 1 fully saturated rings. The van der Waals surface area contributed by atoms with E-state index < -0.39 is 6.10 Å². The average Bonchev–Trinajstić information content (AvgIpc) is 3.00. The van der Waals surface area contributed by atoms with Crippen molar-refractivity contribution in [2.24, 2.45) is 0 Å². The third kappa shape index (κ3) is 4.63. The number of hydrogen-bond acceptors (Lipinski definition) is 3. The van der Waals surface area contributed by atoms with Gasteiger partial charge in [0, 0.05) is 12.1 Å². The predicted octanol–water partition coefficient (Wildman–Crippen LogP) is 3.39. The van der Waals surface area contributed by atoms with Crippen LogP contribution in [0.25, 0.3) is 6.08 Å². The fraction of sp³-hybridized carbons (Fsp3) is 0.556. The van der Waals surface area contributed by atoms with E-state index in [0.29, 0.717) is 12.1 Å². The molecule has 1 heterocycles. The molecule has 1 aromatic carbocycles. The molecule has 0 aromatic heterocycles. The Labute approximate surface area is 132 Å². The molecular weight excluding hydrogens is 281 g/mol. The van der Waals surface area contributed by atoms with Gasteiger partial charge < -0.3 is 14.7 Å². The van der Waals surface area contributed by atoms with Crippen LogP contribution < -0.4 is 0 Å². The molecule has 1 saturated heterocycles. The van der Waals surface area contributed by atoms with Gasteiger partial charge >= 0.3 is 0 Å². The van der Waals surface area contributed by atoms with E-state index in [4.69, 9.17) is 4.74 Å². The topological polar surface area (TPSA) is 32.7 Å². The Morgan fingerprint density at radius 2 is 2.09 bits per heavy atom. The van der Waals surface area contributed by atoms with E-state index in [2.05, 4.69) is 4.90 Å². The van der Waals surface area contributed by atoms with E-state index >= 15 is 0 Å². The van der Waals surface area contributed by atoms with Gasteiger partial charge in [-0.1, -0.05) is 24.3 Å². The number of allylic oxidation sites excluding steroid dienone is 1. The molecular formula is C18H26FNO2. The quantitative estimate of drug-likeness (QED) is 0.838. The number of hydrogen-bond donors (Lipinski definition) is 1. The summed E-state index contributed by atoms with van der Waals surface area (Å²) in [6.45, 7) is 6.79. The van der Waals surface area contributed by atoms with Crippen LogP contribution in [0.15, 0.2) is 24.3 Å². The number of benzene rings is 1. The highest BCUT2D eigenvalue weighted by Gasteiger charge is 2.18. The third-order valence-corrected chi connectivity index (χ3v) is 4.06. The zero-order valence-corrected chi connectivity index (χ0v) is 13.5. The lowest BCUT2D eigenvalue weighted by molar-refractivity contribution is -0.0134. The number of aliphatic hydroxyl groups excluding tert-OH is 1. The van der Waals surface area contributed by atoms with Crippen LogP contribution in [0.3, 0.4) is 0 Å². The molecule has 1 aliphatic rings. The fourth-order valence-corrected chi connectivity index (χ4v) is 2.91. The van der Waals surface area contributed by atoms with Crippen LogP contribution in [-0.4, -0.2) is 42.4 Å². The highest BCUT2D eigenvalue weighted by Crippen LogP contribution is 2.25. The van der Waals surface area contributed by atoms with Gasteiger partial charge in [-0.25, -0.2) is 4.39 Å². The number of ether oxygens (including phenoxy) is 1. The lowest BCUT2D eigenvalue weighted by Gasteiger charge is -2.22. The van der Waals surface area contributed by atoms with Crippen LogP contribution in [0.2, 0.25) is 0 Å². The van der Waals surface area contributed by atoms with Gasteiger partial charge in [-0.3, -0.25) is 0 Å². The van der Waals surface area contributed by atoms with Crippen molar-refractivity contribution < 1.29 is 14.2 Å². The smallest absolute Gasteiger partial charge is 0.130 e. The van der Waals surface area contributed by atoms with Crippen molar-refractivity contribution in [1.29, 1.82) is 0 Å². The second kappa shape index (κ2) is 8.42. The summed E-state index contributed by atoms with van der Waals surface area (Å²) >= 11 is 0. The van der Waals surface area contributed by atoms with Gasteiger partial charge in [0.15, 0.2) is 0 Å². The summed E-state index contributed by atoms with van der Waals surface area (Å²) in [5, 5.41) is 10.1. The van der Waals surface area contributed by atoms with Crippen molar-refractivity contribution in [2.45, 2.75) is 38.9 Å². The van der Waals surface area contributed by atoms with Gasteiger partial charge in [0.1, 0.15) is 5.82 Å². The molecule has 0 aliphatic carbocycles. The Bertz CT molecular complexity index is 498. The van der Waals surface area contributed by atoms with E-state index in [0.717, 1.165) is 18.7 Å². The van der Waals surface area contributed by atoms with Crippen molar-refractivity contribution in [3.63, 3.8) is 0 Å². The summed E-state index contributed by atoms with van der Waals surface area (Å²) in [4.78, 5) is 2.26. The van der Waals surface area contributed by atoms with Crippen LogP contribution in [0.1, 0.15) is 43.9 Å². The maximum Gasteiger partial charge on any atom is 0.130 e. The SMILES string of the molecule is C/C=C/c1c(F)cccc1C(C)OCC(O)CN1CCCC1. The molecule has 2 rings (SSSR count). The number of halogens is 1. The molecule has 22 heavy (non-hydrogen) atoms. The van der Waals surface area contributed by atoms with Crippen molar-refractivity contribution >= 4 is 6.08 Å². The summed E-state index contributed by atoms with van der Waals surface area (Å²) in [5.74, 6) is -0.247. The van der Waals surface area contributed by atoms with Crippen LogP contribution in [-0.2, 0) is 4.74 Å². The highest BCUT2D eigenvalue weighted by molar-refractivity contribution is 5.54. The summed E-state index contributed by atoms with van der Waals surface area (Å²) < 4.78 is 19.7. The standard InChI is InChI=1S/C18H26FNO2/c1-3-7-17-16(8-6-9-18(17)19)14(2)22-13-15(21)12-20-10-4-5-11-20/h3,6-9,14-15,21H,4-5,10-13H2,1-2H3/b7-3+. The minimum absolute atomic E-state index is 0.247. The van der Waals surface area contributed by atoms with E-state index in [1.807, 2.05) is 26.0 Å². The number of aliphatic hydroxyl groups is 1. The minimum atomic E-state index is -0.501. The summed E-state index contributed by atoms with van der Waals surface area (Å²) in [5.41, 5.74) is 1.37. The molecule has 0 bridgehead atoms. The first-order chi connectivity index (χ1) is 10.6. The number of nitrogens with zero attached hydrogens (tertiary/aromatic N) is 1. The molecule has 122 valence electrons. The van der Waals surface area contributed by atoms with Crippen molar-refractivity contribution in [1.82, 2.24) is 4.90 Å². The molecule has 2 atom stereocenters. The van der Waals surface area contributed by atoms with Crippen LogP contribution >= 0.6 is 0 Å². The first kappa shape index (κ1) is 17.1. The van der Waals surface area contributed by atoms with Gasteiger partial charge in [0.2, 0.25) is 0 Å². The van der Waals surface area contributed by atoms with Crippen LogP contribution in [0, 0.1) is 5.82 Å². The number of rotatable bonds is 7. The Kier molecular flexibility index (Phi) is 6.55. The van der Waals surface area contributed by atoms with E-state index in [-0.39, 0.29) is 18.5 Å². The Morgan fingerprint density at radius 1 is 1.36 bits per heavy atom. The van der Waals surface area contributed by atoms with Gasteiger partial charge in [-0.15, -0.1) is 0 Å². The first-order valence-corrected chi connectivity index (χ1v) is 8.05. The first-order valence-electron chi connectivity index (χ1n) is 8.05. The number of likely N-dealkylation sites (tertiary alicyclic amines) is 1. The van der Waals surface area contributed by atoms with Gasteiger partial charge in [0.25, 0.3) is 0 Å². The van der Waals surface area contributed by atoms with Crippen molar-refractivity contribution in [3.8, 4) is 0 Å². The molecule has 4 heteroatoms. The summed E-state index contributed by atoms with van der Waals surface area (Å²) in [6.07, 6.45) is 5.23.